The van der Waals surface area contributed by atoms with Gasteiger partial charge in [-0.1, -0.05) is 13.8 Å². The van der Waals surface area contributed by atoms with E-state index in [1.807, 2.05) is 18.3 Å². The van der Waals surface area contributed by atoms with Gasteiger partial charge in [-0.25, -0.2) is 0 Å². The van der Waals surface area contributed by atoms with Crippen molar-refractivity contribution in [1.82, 2.24) is 9.88 Å². The first-order chi connectivity index (χ1) is 11.2. The van der Waals surface area contributed by atoms with Crippen LogP contribution in [0.25, 0.3) is 10.9 Å². The lowest BCUT2D eigenvalue weighted by atomic mass is 10.1. The van der Waals surface area contributed by atoms with Gasteiger partial charge in [-0.2, -0.15) is 0 Å². The lowest BCUT2D eigenvalue weighted by Crippen LogP contribution is -2.25. The van der Waals surface area contributed by atoms with Crippen molar-refractivity contribution in [2.45, 2.75) is 39.7 Å². The minimum atomic E-state index is 0. The molecule has 3 N–H and O–H groups in total. The third-order valence-electron chi connectivity index (χ3n) is 4.36. The number of nitrogens with one attached hydrogen (secondary N) is 1. The fourth-order valence-corrected chi connectivity index (χ4v) is 2.94. The highest BCUT2D eigenvalue weighted by Gasteiger charge is 2.10. The van der Waals surface area contributed by atoms with E-state index in [9.17, 15) is 0 Å². The third-order valence-corrected chi connectivity index (χ3v) is 4.36. The first-order valence-corrected chi connectivity index (χ1v) is 8.60. The average Bonchev–Trinajstić information content (AvgIpc) is 2.59. The Morgan fingerprint density at radius 1 is 1.20 bits per heavy atom. The maximum absolute atomic E-state index is 5.41. The SMILES string of the molecule is CCN(CC)CCCC(C)Nc1ccc(OC)c2ncccc12.Cl.O. The minimum absolute atomic E-state index is 0. The Hall–Kier alpha value is -1.56. The molecule has 0 aliphatic rings. The molecule has 1 aromatic heterocycles. The van der Waals surface area contributed by atoms with E-state index in [0.29, 0.717) is 6.04 Å². The Morgan fingerprint density at radius 2 is 1.92 bits per heavy atom. The molecule has 142 valence electrons. The highest BCUT2D eigenvalue weighted by Crippen LogP contribution is 2.30. The van der Waals surface area contributed by atoms with Crippen molar-refractivity contribution in [3.05, 3.63) is 30.5 Å². The van der Waals surface area contributed by atoms with Crippen LogP contribution >= 0.6 is 12.4 Å². The Bertz CT molecular complexity index is 621. The van der Waals surface area contributed by atoms with Gasteiger partial charge in [0.15, 0.2) is 0 Å². The van der Waals surface area contributed by atoms with Crippen molar-refractivity contribution in [2.75, 3.05) is 32.1 Å². The molecule has 0 radical (unpaired) electrons. The van der Waals surface area contributed by atoms with E-state index >= 15 is 0 Å². The summed E-state index contributed by atoms with van der Waals surface area (Å²) in [5.74, 6) is 0.820. The number of ether oxygens (including phenoxy) is 1. The Labute approximate surface area is 157 Å². The van der Waals surface area contributed by atoms with E-state index in [1.165, 1.54) is 13.0 Å². The minimum Gasteiger partial charge on any atom is -0.494 e. The van der Waals surface area contributed by atoms with Gasteiger partial charge in [0, 0.05) is 23.3 Å². The highest BCUT2D eigenvalue weighted by atomic mass is 35.5. The molecule has 25 heavy (non-hydrogen) atoms. The summed E-state index contributed by atoms with van der Waals surface area (Å²) in [6, 6.07) is 8.57. The first kappa shape index (κ1) is 23.4. The zero-order valence-electron chi connectivity index (χ0n) is 15.7. The Balaban J connectivity index is 0.00000288. The lowest BCUT2D eigenvalue weighted by Gasteiger charge is -2.21. The van der Waals surface area contributed by atoms with Gasteiger partial charge in [0.25, 0.3) is 0 Å². The number of hydrogen-bond acceptors (Lipinski definition) is 4. The monoisotopic (exact) mass is 369 g/mol. The van der Waals surface area contributed by atoms with E-state index in [0.717, 1.165) is 41.9 Å². The maximum atomic E-state index is 5.41. The zero-order valence-corrected chi connectivity index (χ0v) is 16.5. The van der Waals surface area contributed by atoms with Crippen LogP contribution in [0.3, 0.4) is 0 Å². The van der Waals surface area contributed by atoms with Crippen molar-refractivity contribution in [1.29, 1.82) is 0 Å². The normalized spacial score (nSPS) is 11.6. The second-order valence-corrected chi connectivity index (χ2v) is 5.93. The molecule has 0 saturated carbocycles. The number of halogens is 1. The van der Waals surface area contributed by atoms with Crippen LogP contribution in [-0.4, -0.2) is 48.1 Å². The number of nitrogens with zero attached hydrogens (tertiary/aromatic N) is 2. The second-order valence-electron chi connectivity index (χ2n) is 5.93. The number of fused-ring (bicyclic) bond motifs is 1. The molecular weight excluding hydrogens is 338 g/mol. The molecule has 0 spiro atoms. The predicted octanol–water partition coefficient (Wildman–Crippen LogP) is 3.76. The van der Waals surface area contributed by atoms with E-state index in [2.05, 4.69) is 48.1 Å². The standard InChI is InChI=1S/C19H29N3O.ClH.H2O/c1-5-22(6-2)14-8-9-15(3)21-17-11-12-18(23-4)19-16(17)10-7-13-20-19;;/h7,10-13,15,21H,5-6,8-9,14H2,1-4H3;1H;1H2. The van der Waals surface area contributed by atoms with Gasteiger partial charge in [0.1, 0.15) is 11.3 Å². The molecule has 0 saturated heterocycles. The van der Waals surface area contributed by atoms with E-state index < -0.39 is 0 Å². The van der Waals surface area contributed by atoms with Gasteiger partial charge in [0.2, 0.25) is 0 Å². The Morgan fingerprint density at radius 3 is 2.56 bits per heavy atom. The number of pyridine rings is 1. The van der Waals surface area contributed by atoms with Gasteiger partial charge in [0.05, 0.1) is 7.11 Å². The zero-order chi connectivity index (χ0) is 16.7. The van der Waals surface area contributed by atoms with Crippen molar-refractivity contribution < 1.29 is 10.2 Å². The molecule has 0 aliphatic carbocycles. The number of rotatable bonds is 9. The topological polar surface area (TPSA) is 68.9 Å². The van der Waals surface area contributed by atoms with Crippen molar-refractivity contribution in [3.63, 3.8) is 0 Å². The largest absolute Gasteiger partial charge is 0.494 e. The van der Waals surface area contributed by atoms with Crippen LogP contribution in [0.4, 0.5) is 5.69 Å². The van der Waals surface area contributed by atoms with Crippen LogP contribution in [0.1, 0.15) is 33.6 Å². The maximum Gasteiger partial charge on any atom is 0.145 e. The number of methoxy groups -OCH3 is 1. The molecule has 0 bridgehead atoms. The summed E-state index contributed by atoms with van der Waals surface area (Å²) in [4.78, 5) is 6.93. The summed E-state index contributed by atoms with van der Waals surface area (Å²) in [6.07, 6.45) is 4.18. The molecule has 0 fully saturated rings. The number of aromatic nitrogens is 1. The number of benzene rings is 1. The van der Waals surface area contributed by atoms with Gasteiger partial charge >= 0.3 is 0 Å². The molecule has 1 atom stereocenters. The van der Waals surface area contributed by atoms with Gasteiger partial charge in [-0.15, -0.1) is 12.4 Å². The predicted molar refractivity (Wildman–Crippen MR) is 109 cm³/mol. The molecule has 2 rings (SSSR count). The number of anilines is 1. The van der Waals surface area contributed by atoms with Gasteiger partial charge < -0.3 is 20.4 Å². The molecule has 0 amide bonds. The van der Waals surface area contributed by atoms with Crippen LogP contribution in [0.2, 0.25) is 0 Å². The summed E-state index contributed by atoms with van der Waals surface area (Å²) in [6.45, 7) is 10.1. The summed E-state index contributed by atoms with van der Waals surface area (Å²) in [5, 5.41) is 4.75. The van der Waals surface area contributed by atoms with Crippen LogP contribution in [0, 0.1) is 0 Å². The fourth-order valence-electron chi connectivity index (χ4n) is 2.94. The molecule has 2 aromatic rings. The van der Waals surface area contributed by atoms with Crippen LogP contribution in [0.5, 0.6) is 5.75 Å². The van der Waals surface area contributed by atoms with Crippen molar-refractivity contribution >= 4 is 29.0 Å². The lowest BCUT2D eigenvalue weighted by molar-refractivity contribution is 0.295. The Kier molecular flexibility index (Phi) is 11.2. The molecule has 0 aliphatic heterocycles. The summed E-state index contributed by atoms with van der Waals surface area (Å²) in [5.41, 5.74) is 2.04. The average molecular weight is 370 g/mol. The van der Waals surface area contributed by atoms with Crippen LogP contribution in [0.15, 0.2) is 30.5 Å². The second kappa shape index (κ2) is 11.9. The van der Waals surface area contributed by atoms with Crippen LogP contribution < -0.4 is 10.1 Å². The van der Waals surface area contributed by atoms with Crippen molar-refractivity contribution in [3.8, 4) is 5.75 Å². The van der Waals surface area contributed by atoms with Gasteiger partial charge in [-0.3, -0.25) is 4.98 Å². The van der Waals surface area contributed by atoms with E-state index in [1.54, 1.807) is 7.11 Å². The van der Waals surface area contributed by atoms with Crippen molar-refractivity contribution in [2.24, 2.45) is 0 Å². The van der Waals surface area contributed by atoms with Gasteiger partial charge in [-0.05, 0) is 63.7 Å². The fraction of sp³-hybridized carbons (Fsp3) is 0.526. The highest BCUT2D eigenvalue weighted by molar-refractivity contribution is 5.95. The van der Waals surface area contributed by atoms with E-state index in [4.69, 9.17) is 4.74 Å². The molecule has 1 heterocycles. The summed E-state index contributed by atoms with van der Waals surface area (Å²) in [7, 11) is 1.69. The molecule has 5 nitrogen and oxygen atoms in total. The summed E-state index contributed by atoms with van der Waals surface area (Å²) >= 11 is 0. The quantitative estimate of drug-likeness (QED) is 0.730. The summed E-state index contributed by atoms with van der Waals surface area (Å²) < 4.78 is 5.41. The molecular formula is C19H32ClN3O2. The number of hydrogen-bond donors (Lipinski definition) is 1. The third kappa shape index (κ3) is 6.34. The van der Waals surface area contributed by atoms with E-state index in [-0.39, 0.29) is 17.9 Å². The smallest absolute Gasteiger partial charge is 0.145 e. The van der Waals surface area contributed by atoms with Crippen LogP contribution in [-0.2, 0) is 0 Å². The molecule has 1 aromatic carbocycles. The molecule has 1 unspecified atom stereocenters. The first-order valence-electron chi connectivity index (χ1n) is 8.60. The molecule has 6 heteroatoms.